The van der Waals surface area contributed by atoms with Crippen molar-refractivity contribution < 1.29 is 28.2 Å². The molecule has 0 radical (unpaired) electrons. The highest BCUT2D eigenvalue weighted by molar-refractivity contribution is 5.90. The number of halogens is 1. The Balaban J connectivity index is 1.47. The van der Waals surface area contributed by atoms with E-state index < -0.39 is 29.7 Å². The molecule has 0 saturated carbocycles. The van der Waals surface area contributed by atoms with E-state index in [0.717, 1.165) is 11.3 Å². The smallest absolute Gasteiger partial charge is 0.414 e. The number of aryl methyl sites for hydroxylation is 1. The molecule has 0 spiro atoms. The lowest BCUT2D eigenvalue weighted by atomic mass is 10.0. The second-order valence-electron chi connectivity index (χ2n) is 10.6. The van der Waals surface area contributed by atoms with Crippen LogP contribution in [-0.4, -0.2) is 62.8 Å². The van der Waals surface area contributed by atoms with Gasteiger partial charge in [0.15, 0.2) is 0 Å². The molecule has 4 rings (SSSR count). The number of ether oxygens (including phenoxy) is 2. The zero-order chi connectivity index (χ0) is 29.0. The van der Waals surface area contributed by atoms with Gasteiger partial charge in [-0.3, -0.25) is 19.3 Å². The zero-order valence-corrected chi connectivity index (χ0v) is 23.2. The molecule has 3 aromatic rings. The van der Waals surface area contributed by atoms with Crippen molar-refractivity contribution in [3.8, 4) is 11.1 Å². The van der Waals surface area contributed by atoms with E-state index in [1.54, 1.807) is 67.9 Å². The molecule has 1 aliphatic heterocycles. The summed E-state index contributed by atoms with van der Waals surface area (Å²) in [5.41, 5.74) is 2.28. The first kappa shape index (κ1) is 28.5. The normalized spacial score (nSPS) is 15.1. The molecule has 1 aromatic heterocycles. The standard InChI is InChI=1S/C28H33FN6O5/c1-18(36)30-14-23-17-35(27(38)39-23)21-10-11-24(25(29)12-21)20-8-6-19(7-9-20)15-34(26(37)40-28(2,3)4)16-22-13-31-32-33(22)5/h6-13,23H,14-17H2,1-5H3,(H,30,36)/t23-/m0/s1. The van der Waals surface area contributed by atoms with Gasteiger partial charge < -0.3 is 14.8 Å². The van der Waals surface area contributed by atoms with E-state index in [1.165, 1.54) is 17.9 Å². The number of nitrogens with zero attached hydrogens (tertiary/aromatic N) is 5. The van der Waals surface area contributed by atoms with Crippen molar-refractivity contribution >= 4 is 23.8 Å². The first-order valence-corrected chi connectivity index (χ1v) is 12.8. The molecule has 0 unspecified atom stereocenters. The molecular formula is C28H33FN6O5. The largest absolute Gasteiger partial charge is 0.444 e. The summed E-state index contributed by atoms with van der Waals surface area (Å²) in [5.74, 6) is -0.721. The molecule has 1 saturated heterocycles. The highest BCUT2D eigenvalue weighted by Gasteiger charge is 2.32. The van der Waals surface area contributed by atoms with Gasteiger partial charge in [-0.1, -0.05) is 29.5 Å². The predicted octanol–water partition coefficient (Wildman–Crippen LogP) is 4.02. The lowest BCUT2D eigenvalue weighted by molar-refractivity contribution is -0.119. The van der Waals surface area contributed by atoms with Crippen LogP contribution in [-0.2, 0) is 34.4 Å². The fraction of sp³-hybridized carbons (Fsp3) is 0.393. The van der Waals surface area contributed by atoms with Crippen molar-refractivity contribution in [1.82, 2.24) is 25.2 Å². The van der Waals surface area contributed by atoms with Crippen LogP contribution >= 0.6 is 0 Å². The molecule has 2 heterocycles. The Bertz CT molecular complexity index is 1380. The number of benzene rings is 2. The van der Waals surface area contributed by atoms with Gasteiger partial charge in [-0.2, -0.15) is 0 Å². The van der Waals surface area contributed by atoms with E-state index >= 15 is 4.39 Å². The van der Waals surface area contributed by atoms with E-state index in [4.69, 9.17) is 9.47 Å². The number of cyclic esters (lactones) is 1. The minimum absolute atomic E-state index is 0.189. The van der Waals surface area contributed by atoms with E-state index in [9.17, 15) is 14.4 Å². The molecule has 3 amide bonds. The number of rotatable bonds is 8. The summed E-state index contributed by atoms with van der Waals surface area (Å²) in [6, 6.07) is 11.8. The average Bonchev–Trinajstić information content (AvgIpc) is 3.46. The van der Waals surface area contributed by atoms with Crippen LogP contribution in [0, 0.1) is 5.82 Å². The van der Waals surface area contributed by atoms with Gasteiger partial charge in [0, 0.05) is 26.1 Å². The maximum atomic E-state index is 15.2. The lowest BCUT2D eigenvalue weighted by Crippen LogP contribution is -2.36. The van der Waals surface area contributed by atoms with Gasteiger partial charge in [0.1, 0.15) is 17.5 Å². The van der Waals surface area contributed by atoms with Gasteiger partial charge >= 0.3 is 12.2 Å². The molecule has 0 bridgehead atoms. The third-order valence-corrected chi connectivity index (χ3v) is 6.17. The quantitative estimate of drug-likeness (QED) is 0.448. The van der Waals surface area contributed by atoms with Crippen molar-refractivity contribution in [3.05, 3.63) is 65.7 Å². The van der Waals surface area contributed by atoms with Crippen molar-refractivity contribution in [2.45, 2.75) is 52.5 Å². The minimum atomic E-state index is -0.661. The summed E-state index contributed by atoms with van der Waals surface area (Å²) < 4.78 is 27.6. The third kappa shape index (κ3) is 7.13. The molecule has 1 fully saturated rings. The summed E-state index contributed by atoms with van der Waals surface area (Å²) >= 11 is 0. The third-order valence-electron chi connectivity index (χ3n) is 6.17. The van der Waals surface area contributed by atoms with Crippen molar-refractivity contribution in [2.75, 3.05) is 18.0 Å². The van der Waals surface area contributed by atoms with E-state index in [1.807, 2.05) is 12.1 Å². The van der Waals surface area contributed by atoms with Gasteiger partial charge in [-0.05, 0) is 50.1 Å². The van der Waals surface area contributed by atoms with Crippen LogP contribution in [0.15, 0.2) is 48.7 Å². The zero-order valence-electron chi connectivity index (χ0n) is 23.2. The van der Waals surface area contributed by atoms with E-state index in [2.05, 4.69) is 15.6 Å². The van der Waals surface area contributed by atoms with Crippen LogP contribution in [0.5, 0.6) is 0 Å². The monoisotopic (exact) mass is 552 g/mol. The number of hydrogen-bond acceptors (Lipinski definition) is 7. The topological polar surface area (TPSA) is 119 Å². The molecule has 0 aliphatic carbocycles. The Labute approximate surface area is 231 Å². The Morgan fingerprint density at radius 1 is 1.18 bits per heavy atom. The number of anilines is 1. The molecule has 1 atom stereocenters. The fourth-order valence-electron chi connectivity index (χ4n) is 4.17. The van der Waals surface area contributed by atoms with Crippen molar-refractivity contribution in [3.63, 3.8) is 0 Å². The van der Waals surface area contributed by atoms with Crippen LogP contribution in [0.2, 0.25) is 0 Å². The highest BCUT2D eigenvalue weighted by Crippen LogP contribution is 2.29. The summed E-state index contributed by atoms with van der Waals surface area (Å²) in [6.45, 7) is 7.70. The molecule has 12 heteroatoms. The van der Waals surface area contributed by atoms with Gasteiger partial charge in [0.2, 0.25) is 5.91 Å². The minimum Gasteiger partial charge on any atom is -0.444 e. The number of nitrogens with one attached hydrogen (secondary N) is 1. The average molecular weight is 553 g/mol. The van der Waals surface area contributed by atoms with E-state index in [0.29, 0.717) is 16.8 Å². The van der Waals surface area contributed by atoms with Crippen LogP contribution in [0.1, 0.15) is 39.0 Å². The first-order chi connectivity index (χ1) is 18.9. The van der Waals surface area contributed by atoms with Crippen molar-refractivity contribution in [2.24, 2.45) is 7.05 Å². The van der Waals surface area contributed by atoms with Crippen LogP contribution in [0.25, 0.3) is 11.1 Å². The molecule has 11 nitrogen and oxygen atoms in total. The number of hydrogen-bond donors (Lipinski definition) is 1. The molecule has 2 aromatic carbocycles. The fourth-order valence-corrected chi connectivity index (χ4v) is 4.17. The number of carbonyl (C=O) groups excluding carboxylic acids is 3. The molecular weight excluding hydrogens is 519 g/mol. The highest BCUT2D eigenvalue weighted by atomic mass is 19.1. The molecule has 40 heavy (non-hydrogen) atoms. The van der Waals surface area contributed by atoms with Gasteiger partial charge in [0.05, 0.1) is 37.2 Å². The molecule has 1 N–H and O–H groups in total. The lowest BCUT2D eigenvalue weighted by Gasteiger charge is -2.27. The Morgan fingerprint density at radius 3 is 2.50 bits per heavy atom. The Hall–Kier alpha value is -4.48. The molecule has 1 aliphatic rings. The summed E-state index contributed by atoms with van der Waals surface area (Å²) in [5, 5.41) is 10.4. The Kier molecular flexibility index (Phi) is 8.36. The predicted molar refractivity (Wildman–Crippen MR) is 145 cm³/mol. The second kappa shape index (κ2) is 11.7. The number of carbonyl (C=O) groups is 3. The van der Waals surface area contributed by atoms with Crippen LogP contribution < -0.4 is 10.2 Å². The van der Waals surface area contributed by atoms with E-state index in [-0.39, 0.29) is 32.1 Å². The maximum Gasteiger partial charge on any atom is 0.414 e. The van der Waals surface area contributed by atoms with Crippen LogP contribution in [0.3, 0.4) is 0 Å². The number of aromatic nitrogens is 3. The Morgan fingerprint density at radius 2 is 1.90 bits per heavy atom. The summed E-state index contributed by atoms with van der Waals surface area (Å²) in [6.07, 6.45) is 0.0151. The summed E-state index contributed by atoms with van der Waals surface area (Å²) in [4.78, 5) is 39.3. The molecule has 212 valence electrons. The SMILES string of the molecule is CC(=O)NC[C@H]1CN(c2ccc(-c3ccc(CN(Cc4cnnn4C)C(=O)OC(C)(C)C)cc3)c(F)c2)C(=O)O1. The second-order valence-corrected chi connectivity index (χ2v) is 10.6. The van der Waals surface area contributed by atoms with Crippen molar-refractivity contribution in [1.29, 1.82) is 0 Å². The maximum absolute atomic E-state index is 15.2. The van der Waals surface area contributed by atoms with Gasteiger partial charge in [-0.15, -0.1) is 5.10 Å². The van der Waals surface area contributed by atoms with Gasteiger partial charge in [-0.25, -0.2) is 14.0 Å². The van der Waals surface area contributed by atoms with Crippen LogP contribution in [0.4, 0.5) is 19.7 Å². The number of amides is 3. The summed E-state index contributed by atoms with van der Waals surface area (Å²) in [7, 11) is 1.75. The first-order valence-electron chi connectivity index (χ1n) is 12.8. The van der Waals surface area contributed by atoms with Gasteiger partial charge in [0.25, 0.3) is 0 Å².